The van der Waals surface area contributed by atoms with E-state index in [2.05, 4.69) is 22.1 Å². The van der Waals surface area contributed by atoms with Crippen molar-refractivity contribution < 1.29 is 14.3 Å². The number of piperidine rings is 1. The summed E-state index contributed by atoms with van der Waals surface area (Å²) in [6, 6.07) is 13.5. The van der Waals surface area contributed by atoms with Gasteiger partial charge in [-0.1, -0.05) is 36.8 Å². The van der Waals surface area contributed by atoms with Crippen molar-refractivity contribution in [3.05, 3.63) is 54.2 Å². The SMILES string of the molecule is CC1CCCCN1CCCNC(=O)CN1C(=O)C(c2ccccc2)Oc2cccnc21. The summed E-state index contributed by atoms with van der Waals surface area (Å²) in [5.74, 6) is 0.417. The first kappa shape index (κ1) is 21.3. The van der Waals surface area contributed by atoms with Gasteiger partial charge in [0, 0.05) is 30.9 Å². The Morgan fingerprint density at radius 2 is 2.03 bits per heavy atom. The van der Waals surface area contributed by atoms with Gasteiger partial charge >= 0.3 is 0 Å². The van der Waals surface area contributed by atoms with Gasteiger partial charge in [0.1, 0.15) is 6.54 Å². The van der Waals surface area contributed by atoms with Crippen LogP contribution in [0.25, 0.3) is 0 Å². The Kier molecular flexibility index (Phi) is 6.82. The molecular weight excluding hydrogens is 392 g/mol. The largest absolute Gasteiger partial charge is 0.472 e. The van der Waals surface area contributed by atoms with Gasteiger partial charge in [-0.2, -0.15) is 0 Å². The number of anilines is 1. The maximum atomic E-state index is 13.2. The molecule has 1 aromatic carbocycles. The molecule has 31 heavy (non-hydrogen) atoms. The summed E-state index contributed by atoms with van der Waals surface area (Å²) in [7, 11) is 0. The van der Waals surface area contributed by atoms with Crippen LogP contribution in [-0.4, -0.2) is 53.9 Å². The van der Waals surface area contributed by atoms with E-state index in [1.54, 1.807) is 18.3 Å². The fraction of sp³-hybridized carbons (Fsp3) is 0.458. The molecule has 1 fully saturated rings. The van der Waals surface area contributed by atoms with Crippen LogP contribution in [0.4, 0.5) is 5.82 Å². The first-order valence-electron chi connectivity index (χ1n) is 11.1. The summed E-state index contributed by atoms with van der Waals surface area (Å²) in [5.41, 5.74) is 0.753. The first-order valence-corrected chi connectivity index (χ1v) is 11.1. The number of aromatic nitrogens is 1. The van der Waals surface area contributed by atoms with Crippen LogP contribution in [0, 0.1) is 0 Å². The Labute approximate surface area is 183 Å². The number of likely N-dealkylation sites (tertiary alicyclic amines) is 1. The van der Waals surface area contributed by atoms with Crippen molar-refractivity contribution in [3.63, 3.8) is 0 Å². The van der Waals surface area contributed by atoms with Crippen molar-refractivity contribution in [2.24, 2.45) is 0 Å². The predicted molar refractivity (Wildman–Crippen MR) is 119 cm³/mol. The summed E-state index contributed by atoms with van der Waals surface area (Å²) in [6.45, 7) is 4.92. The van der Waals surface area contributed by atoms with Crippen molar-refractivity contribution in [3.8, 4) is 5.75 Å². The number of pyridine rings is 1. The number of nitrogens with zero attached hydrogens (tertiary/aromatic N) is 3. The van der Waals surface area contributed by atoms with Crippen LogP contribution in [0.1, 0.15) is 44.3 Å². The highest BCUT2D eigenvalue weighted by Crippen LogP contribution is 2.36. The van der Waals surface area contributed by atoms with Gasteiger partial charge in [-0.15, -0.1) is 0 Å². The van der Waals surface area contributed by atoms with E-state index in [4.69, 9.17) is 4.74 Å². The number of amides is 2. The van der Waals surface area contributed by atoms with E-state index in [1.165, 1.54) is 24.2 Å². The molecule has 2 amide bonds. The Morgan fingerprint density at radius 1 is 1.19 bits per heavy atom. The molecule has 4 rings (SSSR count). The molecule has 1 saturated heterocycles. The Morgan fingerprint density at radius 3 is 2.84 bits per heavy atom. The molecule has 2 aliphatic rings. The Bertz CT molecular complexity index is 905. The minimum absolute atomic E-state index is 0.0738. The van der Waals surface area contributed by atoms with Crippen LogP contribution in [0.15, 0.2) is 48.7 Å². The third kappa shape index (κ3) is 5.05. The summed E-state index contributed by atoms with van der Waals surface area (Å²) in [4.78, 5) is 34.0. The Hall–Kier alpha value is -2.93. The van der Waals surface area contributed by atoms with Gasteiger partial charge < -0.3 is 15.0 Å². The van der Waals surface area contributed by atoms with Gasteiger partial charge in [0.05, 0.1) is 0 Å². The molecule has 0 aliphatic carbocycles. The number of nitrogens with one attached hydrogen (secondary N) is 1. The number of hydrogen-bond acceptors (Lipinski definition) is 5. The lowest BCUT2D eigenvalue weighted by Crippen LogP contribution is -2.47. The molecule has 2 atom stereocenters. The molecule has 0 saturated carbocycles. The zero-order valence-corrected chi connectivity index (χ0v) is 18.0. The standard InChI is InChI=1S/C24H30N4O3/c1-18-9-5-6-15-27(18)16-8-14-25-21(29)17-28-23-20(12-7-13-26-23)31-22(24(28)30)19-10-3-2-4-11-19/h2-4,7,10-13,18,22H,5-6,8-9,14-17H2,1H3,(H,25,29). The molecule has 2 aliphatic heterocycles. The molecule has 3 heterocycles. The van der Waals surface area contributed by atoms with Crippen molar-refractivity contribution in [1.29, 1.82) is 0 Å². The second-order valence-corrected chi connectivity index (χ2v) is 8.24. The maximum absolute atomic E-state index is 13.2. The molecule has 164 valence electrons. The molecule has 0 spiro atoms. The third-order valence-corrected chi connectivity index (χ3v) is 6.03. The minimum atomic E-state index is -0.786. The van der Waals surface area contributed by atoms with Crippen LogP contribution in [0.2, 0.25) is 0 Å². The highest BCUT2D eigenvalue weighted by molar-refractivity contribution is 6.03. The maximum Gasteiger partial charge on any atom is 0.274 e. The molecular formula is C24H30N4O3. The lowest BCUT2D eigenvalue weighted by atomic mass is 10.0. The molecule has 2 aromatic rings. The zero-order valence-electron chi connectivity index (χ0n) is 18.0. The fourth-order valence-electron chi connectivity index (χ4n) is 4.29. The van der Waals surface area contributed by atoms with Crippen LogP contribution in [-0.2, 0) is 9.59 Å². The summed E-state index contributed by atoms with van der Waals surface area (Å²) >= 11 is 0. The summed E-state index contributed by atoms with van der Waals surface area (Å²) < 4.78 is 5.93. The van der Waals surface area contributed by atoms with Gasteiger partial charge in [0.15, 0.2) is 11.6 Å². The van der Waals surface area contributed by atoms with Gasteiger partial charge in [-0.05, 0) is 44.9 Å². The molecule has 7 nitrogen and oxygen atoms in total. The van der Waals surface area contributed by atoms with E-state index in [9.17, 15) is 9.59 Å². The predicted octanol–water partition coefficient (Wildman–Crippen LogP) is 2.93. The highest BCUT2D eigenvalue weighted by Gasteiger charge is 2.37. The monoisotopic (exact) mass is 422 g/mol. The molecule has 1 aromatic heterocycles. The van der Waals surface area contributed by atoms with E-state index in [-0.39, 0.29) is 18.4 Å². The third-order valence-electron chi connectivity index (χ3n) is 6.03. The normalized spacial score (nSPS) is 21.3. The van der Waals surface area contributed by atoms with Crippen LogP contribution >= 0.6 is 0 Å². The number of carbonyl (C=O) groups excluding carboxylic acids is 2. The highest BCUT2D eigenvalue weighted by atomic mass is 16.5. The lowest BCUT2D eigenvalue weighted by Gasteiger charge is -2.33. The summed E-state index contributed by atoms with van der Waals surface area (Å²) in [5, 5.41) is 2.96. The van der Waals surface area contributed by atoms with E-state index in [0.29, 0.717) is 24.2 Å². The average Bonchev–Trinajstić information content (AvgIpc) is 2.80. The van der Waals surface area contributed by atoms with Gasteiger partial charge in [-0.25, -0.2) is 4.98 Å². The van der Waals surface area contributed by atoms with E-state index >= 15 is 0 Å². The average molecular weight is 423 g/mol. The van der Waals surface area contributed by atoms with Crippen molar-refractivity contribution in [2.75, 3.05) is 31.1 Å². The summed E-state index contributed by atoms with van der Waals surface area (Å²) in [6.07, 6.45) is 5.52. The number of carbonyl (C=O) groups is 2. The molecule has 0 radical (unpaired) electrons. The van der Waals surface area contributed by atoms with Crippen molar-refractivity contribution in [2.45, 2.75) is 44.8 Å². The minimum Gasteiger partial charge on any atom is -0.472 e. The van der Waals surface area contributed by atoms with Crippen molar-refractivity contribution >= 4 is 17.6 Å². The van der Waals surface area contributed by atoms with Crippen LogP contribution in [0.5, 0.6) is 5.75 Å². The number of hydrogen-bond donors (Lipinski definition) is 1. The lowest BCUT2D eigenvalue weighted by molar-refractivity contribution is -0.129. The fourth-order valence-corrected chi connectivity index (χ4v) is 4.29. The van der Waals surface area contributed by atoms with Gasteiger partial charge in [-0.3, -0.25) is 14.5 Å². The van der Waals surface area contributed by atoms with Gasteiger partial charge in [0.2, 0.25) is 12.0 Å². The number of fused-ring (bicyclic) bond motifs is 1. The molecule has 7 heteroatoms. The van der Waals surface area contributed by atoms with E-state index < -0.39 is 6.10 Å². The van der Waals surface area contributed by atoms with Crippen molar-refractivity contribution in [1.82, 2.24) is 15.2 Å². The smallest absolute Gasteiger partial charge is 0.274 e. The van der Waals surface area contributed by atoms with E-state index in [1.807, 2.05) is 30.3 Å². The Balaban J connectivity index is 1.37. The molecule has 0 bridgehead atoms. The number of ether oxygens (including phenoxy) is 1. The van der Waals surface area contributed by atoms with E-state index in [0.717, 1.165) is 25.1 Å². The first-order chi connectivity index (χ1) is 15.1. The van der Waals surface area contributed by atoms with Crippen LogP contribution < -0.4 is 15.0 Å². The van der Waals surface area contributed by atoms with Gasteiger partial charge in [0.25, 0.3) is 5.91 Å². The molecule has 2 unspecified atom stereocenters. The van der Waals surface area contributed by atoms with Crippen LogP contribution in [0.3, 0.4) is 0 Å². The second-order valence-electron chi connectivity index (χ2n) is 8.24. The molecule has 1 N–H and O–H groups in total. The number of benzene rings is 1. The topological polar surface area (TPSA) is 74.8 Å². The second kappa shape index (κ2) is 9.92. The number of rotatable bonds is 7. The zero-order chi connectivity index (χ0) is 21.6. The quantitative estimate of drug-likeness (QED) is 0.695.